The fraction of sp³-hybridized carbons (Fsp3) is 0.500. The zero-order chi connectivity index (χ0) is 33.6. The van der Waals surface area contributed by atoms with Crippen LogP contribution in [0, 0.1) is 11.8 Å². The molecule has 5 atom stereocenters. The van der Waals surface area contributed by atoms with Gasteiger partial charge in [0, 0.05) is 57.3 Å². The molecule has 2 aromatic carbocycles. The Hall–Kier alpha value is -3.95. The average Bonchev–Trinajstić information content (AvgIpc) is 3.73. The number of aliphatic hydroxyl groups is 1. The van der Waals surface area contributed by atoms with E-state index in [1.165, 1.54) is 0 Å². The van der Waals surface area contributed by atoms with E-state index in [4.69, 9.17) is 4.74 Å². The molecule has 2 bridgehead atoms. The number of amides is 3. The number of hydrogen-bond donors (Lipinski definition) is 1. The van der Waals surface area contributed by atoms with E-state index in [9.17, 15) is 19.5 Å². The maximum Gasteiger partial charge on any atom is 0.253 e. The number of anilines is 2. The van der Waals surface area contributed by atoms with Gasteiger partial charge in [-0.2, -0.15) is 0 Å². The molecule has 252 valence electrons. The molecule has 0 aliphatic carbocycles. The van der Waals surface area contributed by atoms with Crippen LogP contribution in [0.5, 0.6) is 0 Å². The Balaban J connectivity index is 1.49. The number of rotatable bonds is 17. The van der Waals surface area contributed by atoms with Gasteiger partial charge in [0.05, 0.1) is 17.9 Å². The van der Waals surface area contributed by atoms with Crippen molar-refractivity contribution in [3.63, 3.8) is 0 Å². The molecule has 3 fully saturated rings. The van der Waals surface area contributed by atoms with Gasteiger partial charge in [0.15, 0.2) is 0 Å². The van der Waals surface area contributed by atoms with Crippen LogP contribution in [0.25, 0.3) is 0 Å². The Morgan fingerprint density at radius 1 is 0.957 bits per heavy atom. The lowest BCUT2D eigenvalue weighted by atomic mass is 9.70. The predicted octanol–water partition coefficient (Wildman–Crippen LogP) is 4.80. The first-order chi connectivity index (χ1) is 22.8. The third-order valence-corrected chi connectivity index (χ3v) is 10.1. The van der Waals surface area contributed by atoms with Gasteiger partial charge in [-0.15, -0.1) is 13.2 Å². The molecule has 2 aromatic rings. The summed E-state index contributed by atoms with van der Waals surface area (Å²) in [5, 5.41) is 9.38. The van der Waals surface area contributed by atoms with Gasteiger partial charge in [0.1, 0.15) is 11.6 Å². The van der Waals surface area contributed by atoms with Crippen molar-refractivity contribution in [2.75, 3.05) is 49.1 Å². The zero-order valence-corrected chi connectivity index (χ0v) is 27.9. The second-order valence-electron chi connectivity index (χ2n) is 12.8. The first-order valence-corrected chi connectivity index (χ1v) is 17.1. The number of benzene rings is 2. The number of carbonyl (C=O) groups is 3. The van der Waals surface area contributed by atoms with Crippen molar-refractivity contribution in [1.82, 2.24) is 9.80 Å². The topological polar surface area (TPSA) is 93.6 Å². The normalized spacial score (nSPS) is 24.2. The summed E-state index contributed by atoms with van der Waals surface area (Å²) in [6, 6.07) is 16.8. The van der Waals surface area contributed by atoms with Gasteiger partial charge in [-0.3, -0.25) is 14.4 Å². The first kappa shape index (κ1) is 34.4. The van der Waals surface area contributed by atoms with Crippen molar-refractivity contribution in [3.8, 4) is 0 Å². The highest BCUT2D eigenvalue weighted by Crippen LogP contribution is 2.59. The molecule has 47 heavy (non-hydrogen) atoms. The largest absolute Gasteiger partial charge is 0.396 e. The molecule has 9 nitrogen and oxygen atoms in total. The molecule has 3 heterocycles. The summed E-state index contributed by atoms with van der Waals surface area (Å²) in [6.07, 6.45) is 6.08. The molecule has 9 heteroatoms. The fourth-order valence-electron chi connectivity index (χ4n) is 7.96. The van der Waals surface area contributed by atoms with Crippen LogP contribution < -0.4 is 9.80 Å². The summed E-state index contributed by atoms with van der Waals surface area (Å²) < 4.78 is 6.75. The lowest BCUT2D eigenvalue weighted by Gasteiger charge is -2.37. The van der Waals surface area contributed by atoms with Crippen molar-refractivity contribution in [2.45, 2.75) is 70.2 Å². The molecule has 3 amide bonds. The van der Waals surface area contributed by atoms with E-state index in [0.29, 0.717) is 45.3 Å². The number of fused-ring (bicyclic) bond motifs is 1. The van der Waals surface area contributed by atoms with E-state index in [2.05, 4.69) is 31.9 Å². The molecular formula is C38H50N4O5. The van der Waals surface area contributed by atoms with Gasteiger partial charge in [-0.05, 0) is 75.8 Å². The average molecular weight is 643 g/mol. The number of hydrogen-bond acceptors (Lipinski definition) is 6. The molecule has 0 saturated carbocycles. The highest BCUT2D eigenvalue weighted by molar-refractivity contribution is 6.05. The van der Waals surface area contributed by atoms with Crippen LogP contribution in [0.2, 0.25) is 0 Å². The van der Waals surface area contributed by atoms with Gasteiger partial charge < -0.3 is 29.4 Å². The maximum absolute atomic E-state index is 14.8. The summed E-state index contributed by atoms with van der Waals surface area (Å²) in [5.41, 5.74) is 1.69. The Kier molecular flexibility index (Phi) is 11.2. The van der Waals surface area contributed by atoms with Crippen LogP contribution in [0.3, 0.4) is 0 Å². The van der Waals surface area contributed by atoms with Gasteiger partial charge in [0.25, 0.3) is 5.91 Å². The van der Waals surface area contributed by atoms with Crippen LogP contribution >= 0.6 is 0 Å². The Bertz CT molecular complexity index is 1410. The second-order valence-corrected chi connectivity index (χ2v) is 12.8. The van der Waals surface area contributed by atoms with Crippen LogP contribution in [-0.2, 0) is 25.7 Å². The summed E-state index contributed by atoms with van der Waals surface area (Å²) >= 11 is 0. The zero-order valence-electron chi connectivity index (χ0n) is 27.9. The lowest BCUT2D eigenvalue weighted by molar-refractivity contribution is -0.145. The molecule has 2 unspecified atom stereocenters. The van der Waals surface area contributed by atoms with E-state index in [-0.39, 0.29) is 30.9 Å². The van der Waals surface area contributed by atoms with Crippen LogP contribution in [0.15, 0.2) is 79.9 Å². The Labute approximate surface area is 279 Å². The quantitative estimate of drug-likeness (QED) is 0.197. The van der Waals surface area contributed by atoms with Crippen LogP contribution in [-0.4, -0.2) is 89.7 Å². The summed E-state index contributed by atoms with van der Waals surface area (Å²) in [5.74, 6) is -1.99. The number of nitrogens with zero attached hydrogens (tertiary/aromatic N) is 4. The molecule has 1 N–H and O–H groups in total. The summed E-state index contributed by atoms with van der Waals surface area (Å²) in [4.78, 5) is 51.1. The minimum absolute atomic E-state index is 0.0708. The number of carbonyl (C=O) groups excluding carboxylic acids is 3. The Morgan fingerprint density at radius 3 is 2.28 bits per heavy atom. The van der Waals surface area contributed by atoms with E-state index in [1.54, 1.807) is 26.9 Å². The monoisotopic (exact) mass is 642 g/mol. The molecule has 3 aliphatic heterocycles. The fourth-order valence-corrected chi connectivity index (χ4v) is 7.96. The van der Waals surface area contributed by atoms with Crippen LogP contribution in [0.1, 0.15) is 51.5 Å². The van der Waals surface area contributed by atoms with Gasteiger partial charge >= 0.3 is 0 Å². The predicted molar refractivity (Wildman–Crippen MR) is 185 cm³/mol. The number of aliphatic hydroxyl groups excluding tert-OH is 1. The third kappa shape index (κ3) is 6.61. The number of unbranched alkanes of at least 4 members (excludes halogenated alkanes) is 2. The molecule has 3 saturated heterocycles. The smallest absolute Gasteiger partial charge is 0.253 e. The van der Waals surface area contributed by atoms with Crippen molar-refractivity contribution >= 4 is 29.1 Å². The third-order valence-electron chi connectivity index (χ3n) is 10.1. The highest BCUT2D eigenvalue weighted by Gasteiger charge is 2.74. The molecule has 3 aliphatic rings. The van der Waals surface area contributed by atoms with Crippen molar-refractivity contribution in [2.24, 2.45) is 11.8 Å². The molecule has 0 aromatic heterocycles. The van der Waals surface area contributed by atoms with E-state index >= 15 is 0 Å². The van der Waals surface area contributed by atoms with Crippen molar-refractivity contribution in [1.29, 1.82) is 0 Å². The van der Waals surface area contributed by atoms with E-state index < -0.39 is 29.6 Å². The molecule has 1 spiro atoms. The molecule has 5 rings (SSSR count). The van der Waals surface area contributed by atoms with E-state index in [1.807, 2.05) is 54.6 Å². The first-order valence-electron chi connectivity index (χ1n) is 17.1. The standard InChI is InChI=1S/C38H50N4O5/c1-5-23-40(27-28-15-11-9-12-16-28)35(44)32-31-21-22-38(47-31)33(32)36(45)42(25-13-10-14-26-43)34(38)37(46)41(24-6-2)30-19-17-29(18-20-30)39(7-3)8-4/h5-6,9,11-12,15-20,31-34,43H,1-2,7-8,10,13-14,21-27H2,3-4H3/t31-,32+,33+,34?,38?/m1/s1. The van der Waals surface area contributed by atoms with Gasteiger partial charge in [-0.25, -0.2) is 0 Å². The highest BCUT2D eigenvalue weighted by atomic mass is 16.5. The Morgan fingerprint density at radius 2 is 1.64 bits per heavy atom. The van der Waals surface area contributed by atoms with E-state index in [0.717, 1.165) is 36.4 Å². The SMILES string of the molecule is C=CCN(Cc1ccccc1)C(=O)[C@@H]1[C@H]2C(=O)N(CCCCCO)C(C(=O)N(CC=C)c3ccc(N(CC)CC)cc3)C23CC[C@H]1O3. The molecular weight excluding hydrogens is 592 g/mol. The maximum atomic E-state index is 14.8. The van der Waals surface area contributed by atoms with Crippen molar-refractivity contribution < 1.29 is 24.2 Å². The van der Waals surface area contributed by atoms with Gasteiger partial charge in [0.2, 0.25) is 11.8 Å². The number of likely N-dealkylation sites (tertiary alicyclic amines) is 1. The van der Waals surface area contributed by atoms with Crippen LogP contribution in [0.4, 0.5) is 11.4 Å². The molecule has 0 radical (unpaired) electrons. The number of ether oxygens (including phenoxy) is 1. The summed E-state index contributed by atoms with van der Waals surface area (Å²) in [7, 11) is 0. The second kappa shape index (κ2) is 15.3. The minimum atomic E-state index is -1.09. The van der Waals surface area contributed by atoms with Gasteiger partial charge in [-0.1, -0.05) is 42.5 Å². The summed E-state index contributed by atoms with van der Waals surface area (Å²) in [6.45, 7) is 15.2. The lowest BCUT2D eigenvalue weighted by Crippen LogP contribution is -2.56. The minimum Gasteiger partial charge on any atom is -0.396 e. The van der Waals surface area contributed by atoms with Crippen molar-refractivity contribution in [3.05, 3.63) is 85.5 Å².